The van der Waals surface area contributed by atoms with Crippen molar-refractivity contribution in [3.05, 3.63) is 68.5 Å². The predicted molar refractivity (Wildman–Crippen MR) is 157 cm³/mol. The van der Waals surface area contributed by atoms with Crippen molar-refractivity contribution in [1.29, 1.82) is 0 Å². The number of esters is 1. The van der Waals surface area contributed by atoms with Gasteiger partial charge in [-0.1, -0.05) is 6.07 Å². The van der Waals surface area contributed by atoms with E-state index >= 15 is 0 Å². The zero-order chi connectivity index (χ0) is 29.7. The van der Waals surface area contributed by atoms with E-state index < -0.39 is 11.9 Å². The van der Waals surface area contributed by atoms with Crippen LogP contribution in [0.2, 0.25) is 0 Å². The van der Waals surface area contributed by atoms with Crippen LogP contribution in [0.4, 0.5) is 0 Å². The summed E-state index contributed by atoms with van der Waals surface area (Å²) in [5.41, 5.74) is 4.01. The maximum atomic E-state index is 14.0. The summed E-state index contributed by atoms with van der Waals surface area (Å²) in [5.74, 6) is 0.963. The monoisotopic (exact) mass is 629 g/mol. The Hall–Kier alpha value is -3.50. The van der Waals surface area contributed by atoms with Crippen LogP contribution in [0.5, 0.6) is 23.0 Å². The van der Waals surface area contributed by atoms with Gasteiger partial charge in [0.15, 0.2) is 28.8 Å². The van der Waals surface area contributed by atoms with Crippen LogP contribution in [0.25, 0.3) is 0 Å². The van der Waals surface area contributed by atoms with Crippen LogP contribution in [0, 0.1) is 0 Å². The quantitative estimate of drug-likeness (QED) is 0.258. The van der Waals surface area contributed by atoms with E-state index in [1.807, 2.05) is 44.2 Å². The maximum absolute atomic E-state index is 14.0. The molecular weight excluding hydrogens is 594 g/mol. The van der Waals surface area contributed by atoms with E-state index in [2.05, 4.69) is 21.2 Å². The second kappa shape index (κ2) is 13.4. The summed E-state index contributed by atoms with van der Waals surface area (Å²) in [6, 6.07) is 9.42. The Labute approximate surface area is 248 Å². The third-order valence-corrected chi connectivity index (χ3v) is 7.91. The Morgan fingerprint density at radius 3 is 2.34 bits per heavy atom. The summed E-state index contributed by atoms with van der Waals surface area (Å²) in [6.45, 7) is 4.48. The van der Waals surface area contributed by atoms with E-state index in [4.69, 9.17) is 28.4 Å². The minimum atomic E-state index is -0.665. The van der Waals surface area contributed by atoms with E-state index in [0.29, 0.717) is 62.9 Å². The van der Waals surface area contributed by atoms with Crippen LogP contribution in [-0.4, -0.2) is 60.0 Å². The molecule has 1 heterocycles. The molecule has 0 spiro atoms. The zero-order valence-electron chi connectivity index (χ0n) is 24.2. The molecule has 4 rings (SSSR count). The highest BCUT2D eigenvalue weighted by Gasteiger charge is 2.42. The molecule has 2 aromatic carbocycles. The number of hydrogen-bond acceptors (Lipinski definition) is 9. The van der Waals surface area contributed by atoms with Crippen molar-refractivity contribution in [2.45, 2.75) is 38.5 Å². The van der Waals surface area contributed by atoms with Crippen molar-refractivity contribution in [3.8, 4) is 23.0 Å². The molecule has 9 nitrogen and oxygen atoms in total. The van der Waals surface area contributed by atoms with Crippen molar-refractivity contribution >= 4 is 27.7 Å². The fourth-order valence-corrected chi connectivity index (χ4v) is 6.12. The van der Waals surface area contributed by atoms with Crippen LogP contribution in [0.15, 0.2) is 57.3 Å². The molecule has 2 unspecified atom stereocenters. The highest BCUT2D eigenvalue weighted by molar-refractivity contribution is 9.10. The highest BCUT2D eigenvalue weighted by Crippen LogP contribution is 2.49. The number of ketones is 1. The van der Waals surface area contributed by atoms with Crippen molar-refractivity contribution in [3.63, 3.8) is 0 Å². The molecular formula is C31H36BrNO8. The van der Waals surface area contributed by atoms with Crippen LogP contribution in [0.3, 0.4) is 0 Å². The third kappa shape index (κ3) is 6.23. The Morgan fingerprint density at radius 2 is 1.68 bits per heavy atom. The summed E-state index contributed by atoms with van der Waals surface area (Å²) in [5, 5.41) is 3.38. The number of nitrogens with one attached hydrogen (secondary N) is 1. The Balaban J connectivity index is 1.82. The second-order valence-corrected chi connectivity index (χ2v) is 10.6. The molecule has 1 N–H and O–H groups in total. The van der Waals surface area contributed by atoms with Crippen LogP contribution < -0.4 is 24.3 Å². The van der Waals surface area contributed by atoms with Crippen LogP contribution in [-0.2, 0) is 19.1 Å². The number of carbonyl (C=O) groups is 2. The van der Waals surface area contributed by atoms with E-state index in [0.717, 1.165) is 11.3 Å². The zero-order valence-corrected chi connectivity index (χ0v) is 25.8. The lowest BCUT2D eigenvalue weighted by Gasteiger charge is -2.37. The molecule has 2 atom stereocenters. The first-order valence-electron chi connectivity index (χ1n) is 13.4. The van der Waals surface area contributed by atoms with Crippen molar-refractivity contribution in [1.82, 2.24) is 5.32 Å². The second-order valence-electron chi connectivity index (χ2n) is 9.73. The van der Waals surface area contributed by atoms with Crippen LogP contribution in [0.1, 0.15) is 49.7 Å². The Morgan fingerprint density at radius 1 is 0.951 bits per heavy atom. The number of halogens is 1. The number of Topliss-reactive ketones (excluding diaryl/α,β-unsaturated/α-hetero) is 1. The number of methoxy groups -OCH3 is 4. The number of benzene rings is 2. The highest BCUT2D eigenvalue weighted by atomic mass is 79.9. The van der Waals surface area contributed by atoms with Gasteiger partial charge in [-0.25, -0.2) is 4.79 Å². The molecule has 41 heavy (non-hydrogen) atoms. The van der Waals surface area contributed by atoms with Gasteiger partial charge in [0.05, 0.1) is 44.6 Å². The Bertz CT molecular complexity index is 1380. The normalized spacial score (nSPS) is 18.5. The molecule has 1 aliphatic heterocycles. The molecule has 0 saturated heterocycles. The SMILES string of the molecule is CCOc1cc(C2C(C(=O)OCCOC)=C(C)NC3=C2C(=O)CC(c2ccc(OC)c(OC)c2)C3)cc(Br)c1OC. The summed E-state index contributed by atoms with van der Waals surface area (Å²) in [4.78, 5) is 27.5. The predicted octanol–water partition coefficient (Wildman–Crippen LogP) is 5.42. The first-order valence-corrected chi connectivity index (χ1v) is 14.2. The van der Waals surface area contributed by atoms with Gasteiger partial charge in [-0.15, -0.1) is 0 Å². The van der Waals surface area contributed by atoms with Gasteiger partial charge in [0, 0.05) is 36.4 Å². The molecule has 1 aliphatic carbocycles. The van der Waals surface area contributed by atoms with Crippen LogP contribution >= 0.6 is 15.9 Å². The smallest absolute Gasteiger partial charge is 0.336 e. The number of allylic oxidation sites excluding steroid dienone is 3. The average Bonchev–Trinajstić information content (AvgIpc) is 2.96. The minimum absolute atomic E-state index is 0.0527. The number of carbonyl (C=O) groups excluding carboxylic acids is 2. The standard InChI is InChI=1S/C31H36BrNO8/c1-7-40-26-16-20(12-21(32)30(26)39-6)28-27(31(35)41-11-10-36-3)17(2)33-22-13-19(14-23(34)29(22)28)18-8-9-24(37-4)25(15-18)38-5/h8-9,12,15-16,19,28,33H,7,10-11,13-14H2,1-6H3. The van der Waals surface area contributed by atoms with E-state index in [1.54, 1.807) is 28.4 Å². The molecule has 0 radical (unpaired) electrons. The van der Waals surface area contributed by atoms with Crippen molar-refractivity contribution in [2.24, 2.45) is 0 Å². The summed E-state index contributed by atoms with van der Waals surface area (Å²) < 4.78 is 33.6. The third-order valence-electron chi connectivity index (χ3n) is 7.32. The van der Waals surface area contributed by atoms with E-state index in [1.165, 1.54) is 0 Å². The van der Waals surface area contributed by atoms with Gasteiger partial charge < -0.3 is 33.7 Å². The summed E-state index contributed by atoms with van der Waals surface area (Å²) >= 11 is 3.59. The fraction of sp³-hybridized carbons (Fsp3) is 0.419. The number of dihydropyridines is 1. The molecule has 0 amide bonds. The molecule has 0 aromatic heterocycles. The number of ether oxygens (including phenoxy) is 6. The van der Waals surface area contributed by atoms with Crippen molar-refractivity contribution in [2.75, 3.05) is 48.3 Å². The first-order chi connectivity index (χ1) is 19.8. The lowest BCUT2D eigenvalue weighted by atomic mass is 9.71. The average molecular weight is 631 g/mol. The van der Waals surface area contributed by atoms with Gasteiger partial charge in [0.2, 0.25) is 0 Å². The first kappa shape index (κ1) is 30.5. The lowest BCUT2D eigenvalue weighted by Crippen LogP contribution is -2.36. The molecule has 0 bridgehead atoms. The van der Waals surface area contributed by atoms with Gasteiger partial charge in [-0.2, -0.15) is 0 Å². The van der Waals surface area contributed by atoms with Gasteiger partial charge in [-0.3, -0.25) is 4.79 Å². The van der Waals surface area contributed by atoms with Gasteiger partial charge in [-0.05, 0) is 77.5 Å². The summed E-state index contributed by atoms with van der Waals surface area (Å²) in [6.07, 6.45) is 0.846. The Kier molecular flexibility index (Phi) is 9.99. The lowest BCUT2D eigenvalue weighted by molar-refractivity contribution is -0.140. The fourth-order valence-electron chi connectivity index (χ4n) is 5.50. The van der Waals surface area contributed by atoms with Crippen molar-refractivity contribution < 1.29 is 38.0 Å². The van der Waals surface area contributed by atoms with E-state index in [9.17, 15) is 9.59 Å². The molecule has 0 saturated carbocycles. The van der Waals surface area contributed by atoms with Gasteiger partial charge in [0.1, 0.15) is 6.61 Å². The van der Waals surface area contributed by atoms with E-state index in [-0.39, 0.29) is 31.3 Å². The molecule has 2 aliphatic rings. The minimum Gasteiger partial charge on any atom is -0.493 e. The number of hydrogen-bond donors (Lipinski definition) is 1. The number of rotatable bonds is 11. The molecule has 2 aromatic rings. The molecule has 220 valence electrons. The largest absolute Gasteiger partial charge is 0.493 e. The van der Waals surface area contributed by atoms with Gasteiger partial charge in [0.25, 0.3) is 0 Å². The molecule has 0 fully saturated rings. The summed E-state index contributed by atoms with van der Waals surface area (Å²) in [7, 11) is 6.29. The topological polar surface area (TPSA) is 102 Å². The molecule has 10 heteroatoms. The van der Waals surface area contributed by atoms with Gasteiger partial charge >= 0.3 is 5.97 Å². The maximum Gasteiger partial charge on any atom is 0.336 e.